The topological polar surface area (TPSA) is 52.4 Å². The van der Waals surface area contributed by atoms with Crippen LogP contribution in [0.4, 0.5) is 5.69 Å². The molecule has 0 bridgehead atoms. The van der Waals surface area contributed by atoms with Crippen molar-refractivity contribution in [2.45, 2.75) is 0 Å². The third-order valence-corrected chi connectivity index (χ3v) is 2.01. The van der Waals surface area contributed by atoms with Crippen LogP contribution in [0.25, 0.3) is 0 Å². The standard InChI is InChI=1S/C12H9NO3/c14-13(15)10-5-4-8-12(9-10)16-11-6-2-1-3-7-11/h1-9H. The van der Waals surface area contributed by atoms with E-state index < -0.39 is 4.92 Å². The molecule has 0 spiro atoms. The maximum absolute atomic E-state index is 10.6. The van der Waals surface area contributed by atoms with E-state index in [1.54, 1.807) is 24.3 Å². The molecule has 0 N–H and O–H groups in total. The highest BCUT2D eigenvalue weighted by atomic mass is 16.6. The Bertz CT molecular complexity index is 497. The van der Waals surface area contributed by atoms with Crippen molar-refractivity contribution in [1.82, 2.24) is 0 Å². The molecule has 0 unspecified atom stereocenters. The number of non-ortho nitro benzene ring substituents is 1. The van der Waals surface area contributed by atoms with E-state index in [1.165, 1.54) is 12.1 Å². The molecule has 4 nitrogen and oxygen atoms in total. The Morgan fingerprint density at radius 1 is 0.938 bits per heavy atom. The zero-order valence-corrected chi connectivity index (χ0v) is 8.37. The molecule has 4 heteroatoms. The second-order valence-corrected chi connectivity index (χ2v) is 3.17. The van der Waals surface area contributed by atoms with Crippen molar-refractivity contribution < 1.29 is 9.66 Å². The second kappa shape index (κ2) is 4.44. The lowest BCUT2D eigenvalue weighted by atomic mass is 10.3. The summed E-state index contributed by atoms with van der Waals surface area (Å²) < 4.78 is 5.46. The molecule has 0 aliphatic heterocycles. The van der Waals surface area contributed by atoms with E-state index in [4.69, 9.17) is 4.74 Å². The number of para-hydroxylation sites is 1. The van der Waals surface area contributed by atoms with Gasteiger partial charge in [0, 0.05) is 6.07 Å². The van der Waals surface area contributed by atoms with Gasteiger partial charge in [0.15, 0.2) is 0 Å². The molecule has 0 fully saturated rings. The Labute approximate surface area is 92.3 Å². The third kappa shape index (κ3) is 2.36. The summed E-state index contributed by atoms with van der Waals surface area (Å²) in [5.41, 5.74) is 0.0217. The van der Waals surface area contributed by atoms with E-state index in [9.17, 15) is 10.1 Å². The zero-order valence-electron chi connectivity index (χ0n) is 8.37. The smallest absolute Gasteiger partial charge is 0.273 e. The maximum atomic E-state index is 10.6. The van der Waals surface area contributed by atoms with Gasteiger partial charge in [0.2, 0.25) is 0 Å². The molecule has 0 saturated heterocycles. The number of nitro groups is 1. The number of ether oxygens (including phenoxy) is 1. The first-order valence-corrected chi connectivity index (χ1v) is 4.73. The number of hydrogen-bond donors (Lipinski definition) is 0. The first-order chi connectivity index (χ1) is 7.75. The lowest BCUT2D eigenvalue weighted by Crippen LogP contribution is -1.89. The van der Waals surface area contributed by atoms with Crippen molar-refractivity contribution >= 4 is 5.69 Å². The van der Waals surface area contributed by atoms with Gasteiger partial charge in [-0.25, -0.2) is 0 Å². The molecule has 0 aliphatic rings. The fraction of sp³-hybridized carbons (Fsp3) is 0. The summed E-state index contributed by atoms with van der Waals surface area (Å²) >= 11 is 0. The van der Waals surface area contributed by atoms with Crippen molar-refractivity contribution in [2.24, 2.45) is 0 Å². The summed E-state index contributed by atoms with van der Waals surface area (Å²) in [4.78, 5) is 10.1. The van der Waals surface area contributed by atoms with Gasteiger partial charge in [-0.1, -0.05) is 24.3 Å². The van der Waals surface area contributed by atoms with Gasteiger partial charge in [-0.2, -0.15) is 0 Å². The average Bonchev–Trinajstić information content (AvgIpc) is 2.30. The Hall–Kier alpha value is -2.36. The van der Waals surface area contributed by atoms with Gasteiger partial charge in [-0.3, -0.25) is 10.1 Å². The Balaban J connectivity index is 2.22. The highest BCUT2D eigenvalue weighted by Crippen LogP contribution is 2.24. The Morgan fingerprint density at radius 3 is 2.31 bits per heavy atom. The largest absolute Gasteiger partial charge is 0.457 e. The summed E-state index contributed by atoms with van der Waals surface area (Å²) in [5.74, 6) is 1.11. The summed E-state index contributed by atoms with van der Waals surface area (Å²) in [6, 6.07) is 15.2. The van der Waals surface area contributed by atoms with Gasteiger partial charge in [0.25, 0.3) is 5.69 Å². The quantitative estimate of drug-likeness (QED) is 0.582. The molecule has 0 heterocycles. The number of benzene rings is 2. The summed E-state index contributed by atoms with van der Waals surface area (Å²) in [7, 11) is 0. The predicted octanol–water partition coefficient (Wildman–Crippen LogP) is 3.39. The lowest BCUT2D eigenvalue weighted by Gasteiger charge is -2.04. The lowest BCUT2D eigenvalue weighted by molar-refractivity contribution is -0.384. The fourth-order valence-electron chi connectivity index (χ4n) is 1.29. The highest BCUT2D eigenvalue weighted by Gasteiger charge is 2.06. The summed E-state index contributed by atoms with van der Waals surface area (Å²) in [6.45, 7) is 0. The molecule has 80 valence electrons. The van der Waals surface area contributed by atoms with Crippen molar-refractivity contribution in [3.8, 4) is 11.5 Å². The van der Waals surface area contributed by atoms with Crippen LogP contribution < -0.4 is 4.74 Å². The monoisotopic (exact) mass is 215 g/mol. The SMILES string of the molecule is O=[N+]([O-])c1cccc(Oc2ccccc2)c1. The Morgan fingerprint density at radius 2 is 1.62 bits per heavy atom. The zero-order chi connectivity index (χ0) is 11.4. The van der Waals surface area contributed by atoms with E-state index in [1.807, 2.05) is 18.2 Å². The minimum atomic E-state index is -0.447. The second-order valence-electron chi connectivity index (χ2n) is 3.17. The van der Waals surface area contributed by atoms with Crippen LogP contribution in [0.3, 0.4) is 0 Å². The van der Waals surface area contributed by atoms with Crippen molar-refractivity contribution in [3.05, 3.63) is 64.7 Å². The molecule has 0 radical (unpaired) electrons. The van der Waals surface area contributed by atoms with Crippen LogP contribution in [-0.4, -0.2) is 4.92 Å². The van der Waals surface area contributed by atoms with E-state index in [2.05, 4.69) is 0 Å². The van der Waals surface area contributed by atoms with Gasteiger partial charge in [0.1, 0.15) is 11.5 Å². The Kier molecular flexibility index (Phi) is 2.82. The van der Waals surface area contributed by atoms with Crippen LogP contribution in [0.15, 0.2) is 54.6 Å². The van der Waals surface area contributed by atoms with Crippen LogP contribution in [0, 0.1) is 10.1 Å². The minimum Gasteiger partial charge on any atom is -0.457 e. The van der Waals surface area contributed by atoms with Gasteiger partial charge in [0.05, 0.1) is 11.0 Å². The number of nitrogens with zero attached hydrogens (tertiary/aromatic N) is 1. The average molecular weight is 215 g/mol. The normalized spacial score (nSPS) is 9.75. The van der Waals surface area contributed by atoms with E-state index in [0.717, 1.165) is 0 Å². The molecule has 0 aromatic heterocycles. The number of rotatable bonds is 3. The maximum Gasteiger partial charge on any atom is 0.273 e. The number of nitro benzene ring substituents is 1. The third-order valence-electron chi connectivity index (χ3n) is 2.01. The molecule has 2 aromatic rings. The van der Waals surface area contributed by atoms with Crippen LogP contribution >= 0.6 is 0 Å². The molecule has 0 saturated carbocycles. The first kappa shape index (κ1) is 10.2. The van der Waals surface area contributed by atoms with E-state index >= 15 is 0 Å². The minimum absolute atomic E-state index is 0.0217. The highest BCUT2D eigenvalue weighted by molar-refractivity contribution is 5.40. The predicted molar refractivity (Wildman–Crippen MR) is 59.6 cm³/mol. The summed E-state index contributed by atoms with van der Waals surface area (Å²) in [5, 5.41) is 10.6. The van der Waals surface area contributed by atoms with E-state index in [-0.39, 0.29) is 5.69 Å². The van der Waals surface area contributed by atoms with Crippen molar-refractivity contribution in [2.75, 3.05) is 0 Å². The van der Waals surface area contributed by atoms with Crippen molar-refractivity contribution in [1.29, 1.82) is 0 Å². The number of hydrogen-bond acceptors (Lipinski definition) is 3. The van der Waals surface area contributed by atoms with Crippen LogP contribution in [0.2, 0.25) is 0 Å². The van der Waals surface area contributed by atoms with Gasteiger partial charge in [-0.15, -0.1) is 0 Å². The summed E-state index contributed by atoms with van der Waals surface area (Å²) in [6.07, 6.45) is 0. The van der Waals surface area contributed by atoms with Crippen LogP contribution in [0.1, 0.15) is 0 Å². The molecular formula is C12H9NO3. The molecule has 2 aromatic carbocycles. The van der Waals surface area contributed by atoms with Crippen molar-refractivity contribution in [3.63, 3.8) is 0 Å². The molecule has 0 amide bonds. The fourth-order valence-corrected chi connectivity index (χ4v) is 1.29. The molecule has 16 heavy (non-hydrogen) atoms. The molecular weight excluding hydrogens is 206 g/mol. The molecule has 0 atom stereocenters. The van der Waals surface area contributed by atoms with Crippen LogP contribution in [-0.2, 0) is 0 Å². The van der Waals surface area contributed by atoms with E-state index in [0.29, 0.717) is 11.5 Å². The molecule has 0 aliphatic carbocycles. The molecule has 2 rings (SSSR count). The first-order valence-electron chi connectivity index (χ1n) is 4.73. The van der Waals surface area contributed by atoms with Gasteiger partial charge in [-0.05, 0) is 18.2 Å². The van der Waals surface area contributed by atoms with Crippen LogP contribution in [0.5, 0.6) is 11.5 Å². The van der Waals surface area contributed by atoms with Gasteiger partial charge < -0.3 is 4.74 Å². The van der Waals surface area contributed by atoms with Gasteiger partial charge >= 0.3 is 0 Å².